The Morgan fingerprint density at radius 2 is 2.05 bits per heavy atom. The predicted molar refractivity (Wildman–Crippen MR) is 70.6 cm³/mol. The van der Waals surface area contributed by atoms with Crippen molar-refractivity contribution in [2.24, 2.45) is 5.92 Å². The molecular formula is C13H23N3O3. The number of methoxy groups -OCH3 is 1. The topological polar surface area (TPSA) is 70.7 Å². The largest absolute Gasteiger partial charge is 0.467 e. The first kappa shape index (κ1) is 14.3. The number of fused-ring (bicyclic) bond motifs is 3. The minimum Gasteiger partial charge on any atom is -0.467 e. The van der Waals surface area contributed by atoms with Gasteiger partial charge in [0.15, 0.2) is 0 Å². The fraction of sp³-hybridized carbons (Fsp3) is 0.846. The van der Waals surface area contributed by atoms with Crippen LogP contribution in [-0.4, -0.2) is 62.1 Å². The SMILES string of the molecule is COC(=O)C(CNC1CN2CCC1CC2)NC(C)=O. The second-order valence-corrected chi connectivity index (χ2v) is 5.43. The highest BCUT2D eigenvalue weighted by Gasteiger charge is 2.34. The van der Waals surface area contributed by atoms with Crippen LogP contribution in [0.3, 0.4) is 0 Å². The van der Waals surface area contributed by atoms with Crippen LogP contribution in [0.5, 0.6) is 0 Å². The molecule has 0 radical (unpaired) electrons. The molecule has 3 heterocycles. The van der Waals surface area contributed by atoms with Crippen molar-refractivity contribution in [2.75, 3.05) is 33.3 Å². The van der Waals surface area contributed by atoms with Crippen LogP contribution < -0.4 is 10.6 Å². The van der Waals surface area contributed by atoms with Crippen LogP contribution in [0, 0.1) is 5.92 Å². The maximum absolute atomic E-state index is 11.6. The van der Waals surface area contributed by atoms with Crippen molar-refractivity contribution < 1.29 is 14.3 Å². The highest BCUT2D eigenvalue weighted by molar-refractivity contribution is 5.83. The third-order valence-electron chi connectivity index (χ3n) is 4.10. The molecule has 108 valence electrons. The van der Waals surface area contributed by atoms with E-state index in [0.717, 1.165) is 6.54 Å². The van der Waals surface area contributed by atoms with E-state index in [1.54, 1.807) is 0 Å². The van der Waals surface area contributed by atoms with E-state index < -0.39 is 12.0 Å². The first-order chi connectivity index (χ1) is 9.10. The molecule has 2 N–H and O–H groups in total. The fourth-order valence-electron chi connectivity index (χ4n) is 3.05. The number of carbonyl (C=O) groups is 2. The number of carbonyl (C=O) groups excluding carboxylic acids is 2. The van der Waals surface area contributed by atoms with Crippen molar-refractivity contribution in [3.8, 4) is 0 Å². The fourth-order valence-corrected chi connectivity index (χ4v) is 3.05. The Hall–Kier alpha value is -1.14. The molecule has 2 unspecified atom stereocenters. The van der Waals surface area contributed by atoms with E-state index in [9.17, 15) is 9.59 Å². The quantitative estimate of drug-likeness (QED) is 0.649. The molecule has 6 heteroatoms. The number of piperidine rings is 3. The highest BCUT2D eigenvalue weighted by Crippen LogP contribution is 2.27. The zero-order chi connectivity index (χ0) is 13.8. The monoisotopic (exact) mass is 269 g/mol. The third kappa shape index (κ3) is 3.67. The summed E-state index contributed by atoms with van der Waals surface area (Å²) in [5.41, 5.74) is 0. The summed E-state index contributed by atoms with van der Waals surface area (Å²) in [5, 5.41) is 6.04. The average molecular weight is 269 g/mol. The molecule has 0 spiro atoms. The molecule has 3 aliphatic heterocycles. The minimum absolute atomic E-state index is 0.217. The summed E-state index contributed by atoms with van der Waals surface area (Å²) in [6.07, 6.45) is 2.45. The molecule has 3 fully saturated rings. The number of hydrogen-bond donors (Lipinski definition) is 2. The first-order valence-corrected chi connectivity index (χ1v) is 6.91. The number of hydrogen-bond acceptors (Lipinski definition) is 5. The zero-order valence-electron chi connectivity index (χ0n) is 11.6. The zero-order valence-corrected chi connectivity index (χ0v) is 11.6. The Labute approximate surface area is 113 Å². The van der Waals surface area contributed by atoms with Gasteiger partial charge in [-0.15, -0.1) is 0 Å². The number of esters is 1. The summed E-state index contributed by atoms with van der Waals surface area (Å²) in [6, 6.07) is -0.179. The molecule has 0 aromatic carbocycles. The molecule has 0 aromatic rings. The van der Waals surface area contributed by atoms with E-state index in [-0.39, 0.29) is 5.91 Å². The molecule has 0 saturated carbocycles. The lowest BCUT2D eigenvalue weighted by atomic mass is 9.84. The van der Waals surface area contributed by atoms with Crippen molar-refractivity contribution in [1.29, 1.82) is 0 Å². The van der Waals surface area contributed by atoms with Crippen molar-refractivity contribution in [3.63, 3.8) is 0 Å². The minimum atomic E-state index is -0.599. The van der Waals surface area contributed by atoms with Crippen molar-refractivity contribution in [2.45, 2.75) is 31.8 Å². The van der Waals surface area contributed by atoms with E-state index in [4.69, 9.17) is 4.74 Å². The Kier molecular flexibility index (Phi) is 4.76. The average Bonchev–Trinajstić information content (AvgIpc) is 2.43. The molecule has 2 bridgehead atoms. The van der Waals surface area contributed by atoms with Crippen LogP contribution >= 0.6 is 0 Å². The van der Waals surface area contributed by atoms with Gasteiger partial charge in [0.05, 0.1) is 7.11 Å². The number of nitrogens with zero attached hydrogens (tertiary/aromatic N) is 1. The van der Waals surface area contributed by atoms with Gasteiger partial charge in [0.25, 0.3) is 0 Å². The lowest BCUT2D eigenvalue weighted by Crippen LogP contribution is -2.58. The molecule has 3 rings (SSSR count). The maximum Gasteiger partial charge on any atom is 0.329 e. The lowest BCUT2D eigenvalue weighted by Gasteiger charge is -2.45. The summed E-state index contributed by atoms with van der Waals surface area (Å²) in [5.74, 6) is 0.0794. The van der Waals surface area contributed by atoms with Crippen LogP contribution in [-0.2, 0) is 14.3 Å². The second-order valence-electron chi connectivity index (χ2n) is 5.43. The lowest BCUT2D eigenvalue weighted by molar-refractivity contribution is -0.144. The summed E-state index contributed by atoms with van der Waals surface area (Å²) in [7, 11) is 1.34. The number of ether oxygens (including phenoxy) is 1. The van der Waals surface area contributed by atoms with Crippen LogP contribution in [0.4, 0.5) is 0 Å². The molecule has 19 heavy (non-hydrogen) atoms. The van der Waals surface area contributed by atoms with Crippen molar-refractivity contribution in [1.82, 2.24) is 15.5 Å². The van der Waals surface area contributed by atoms with Gasteiger partial charge in [-0.2, -0.15) is 0 Å². The molecule has 3 aliphatic rings. The van der Waals surface area contributed by atoms with Crippen LogP contribution in [0.2, 0.25) is 0 Å². The summed E-state index contributed by atoms with van der Waals surface area (Å²) in [4.78, 5) is 25.1. The molecule has 6 nitrogen and oxygen atoms in total. The van der Waals surface area contributed by atoms with Crippen LogP contribution in [0.1, 0.15) is 19.8 Å². The highest BCUT2D eigenvalue weighted by atomic mass is 16.5. The molecule has 1 amide bonds. The molecule has 0 aliphatic carbocycles. The summed E-state index contributed by atoms with van der Waals surface area (Å²) in [6.45, 7) is 5.26. The smallest absolute Gasteiger partial charge is 0.329 e. The van der Waals surface area contributed by atoms with E-state index >= 15 is 0 Å². The van der Waals surface area contributed by atoms with E-state index in [1.807, 2.05) is 0 Å². The van der Waals surface area contributed by atoms with Crippen molar-refractivity contribution in [3.05, 3.63) is 0 Å². The summed E-state index contributed by atoms with van der Waals surface area (Å²) < 4.78 is 4.71. The second kappa shape index (κ2) is 6.34. The standard InChI is InChI=1S/C13H23N3O3/c1-9(17)15-11(13(18)19-2)7-14-12-8-16-5-3-10(12)4-6-16/h10-12,14H,3-8H2,1-2H3,(H,15,17). The molecule has 2 atom stereocenters. The van der Waals surface area contributed by atoms with Gasteiger partial charge in [0.1, 0.15) is 6.04 Å². The predicted octanol–water partition coefficient (Wildman–Crippen LogP) is -0.652. The number of rotatable bonds is 5. The van der Waals surface area contributed by atoms with Gasteiger partial charge in [-0.3, -0.25) is 4.79 Å². The Morgan fingerprint density at radius 3 is 2.53 bits per heavy atom. The Balaban J connectivity index is 1.84. The van der Waals surface area contributed by atoms with Gasteiger partial charge in [-0.25, -0.2) is 4.79 Å². The number of nitrogens with one attached hydrogen (secondary N) is 2. The first-order valence-electron chi connectivity index (χ1n) is 6.91. The normalized spacial score (nSPS) is 30.7. The molecular weight excluding hydrogens is 246 g/mol. The van der Waals surface area contributed by atoms with Gasteiger partial charge in [-0.1, -0.05) is 0 Å². The van der Waals surface area contributed by atoms with Crippen LogP contribution in [0.15, 0.2) is 0 Å². The number of amides is 1. The van der Waals surface area contributed by atoms with Gasteiger partial charge in [0, 0.05) is 26.1 Å². The Morgan fingerprint density at radius 1 is 1.37 bits per heavy atom. The van der Waals surface area contributed by atoms with E-state index in [1.165, 1.54) is 40.0 Å². The van der Waals surface area contributed by atoms with E-state index in [2.05, 4.69) is 15.5 Å². The van der Waals surface area contributed by atoms with Gasteiger partial charge >= 0.3 is 5.97 Å². The van der Waals surface area contributed by atoms with Gasteiger partial charge < -0.3 is 20.3 Å². The van der Waals surface area contributed by atoms with E-state index in [0.29, 0.717) is 18.5 Å². The third-order valence-corrected chi connectivity index (χ3v) is 4.10. The van der Waals surface area contributed by atoms with Crippen LogP contribution in [0.25, 0.3) is 0 Å². The molecule has 0 aromatic heterocycles. The molecule has 3 saturated heterocycles. The van der Waals surface area contributed by atoms with Gasteiger partial charge in [-0.05, 0) is 31.8 Å². The summed E-state index contributed by atoms with van der Waals surface area (Å²) >= 11 is 0. The Bertz CT molecular complexity index is 340. The maximum atomic E-state index is 11.6. The van der Waals surface area contributed by atoms with Crippen molar-refractivity contribution >= 4 is 11.9 Å². The van der Waals surface area contributed by atoms with Gasteiger partial charge in [0.2, 0.25) is 5.91 Å².